The van der Waals surface area contributed by atoms with Crippen LogP contribution in [0, 0.1) is 0 Å². The fourth-order valence-electron chi connectivity index (χ4n) is 3.72. The van der Waals surface area contributed by atoms with Gasteiger partial charge in [0.15, 0.2) is 0 Å². The van der Waals surface area contributed by atoms with Crippen molar-refractivity contribution < 1.29 is 14.3 Å². The molecule has 0 saturated carbocycles. The van der Waals surface area contributed by atoms with Crippen LogP contribution in [0.25, 0.3) is 5.57 Å². The molecule has 158 valence electrons. The average Bonchev–Trinajstić information content (AvgIpc) is 3.39. The third-order valence-corrected chi connectivity index (χ3v) is 6.02. The van der Waals surface area contributed by atoms with Crippen molar-refractivity contribution in [2.75, 3.05) is 18.1 Å². The Labute approximate surface area is 186 Å². The van der Waals surface area contributed by atoms with Crippen molar-refractivity contribution in [3.05, 3.63) is 88.2 Å². The zero-order chi connectivity index (χ0) is 21.8. The van der Waals surface area contributed by atoms with E-state index in [9.17, 15) is 9.59 Å². The second kappa shape index (κ2) is 9.18. The topological polar surface area (TPSA) is 49.9 Å². The minimum absolute atomic E-state index is 0.303. The van der Waals surface area contributed by atoms with E-state index in [0.29, 0.717) is 42.4 Å². The Kier molecular flexibility index (Phi) is 6.18. The monoisotopic (exact) mass is 432 g/mol. The van der Waals surface area contributed by atoms with Crippen LogP contribution in [0.3, 0.4) is 0 Å². The molecule has 1 aromatic heterocycles. The van der Waals surface area contributed by atoms with Crippen LogP contribution in [0.4, 0.5) is 5.69 Å². The van der Waals surface area contributed by atoms with Gasteiger partial charge in [-0.3, -0.25) is 9.59 Å². The smallest absolute Gasteiger partial charge is 0.282 e. The lowest BCUT2D eigenvalue weighted by Crippen LogP contribution is -2.35. The van der Waals surface area contributed by atoms with Gasteiger partial charge in [0.25, 0.3) is 11.8 Å². The summed E-state index contributed by atoms with van der Waals surface area (Å²) < 4.78 is 5.58. The summed E-state index contributed by atoms with van der Waals surface area (Å²) in [4.78, 5) is 31.2. The van der Waals surface area contributed by atoms with Gasteiger partial charge in [0.05, 0.1) is 17.9 Å². The van der Waals surface area contributed by atoms with Crippen LogP contribution in [-0.2, 0) is 16.1 Å². The van der Waals surface area contributed by atoms with Gasteiger partial charge in [-0.25, -0.2) is 4.90 Å². The molecule has 0 saturated heterocycles. The van der Waals surface area contributed by atoms with Gasteiger partial charge in [0.1, 0.15) is 11.4 Å². The number of rotatable bonds is 8. The standard InChI is InChI=1S/C25H24N2O3S/c1-3-26(17-18-10-6-5-7-11-18)23-22(21-14-9-15-31-21)24(28)27(25(23)29)19-12-8-13-20(16-19)30-4-2/h5-16H,3-4,17H2,1-2H3. The maximum Gasteiger partial charge on any atom is 0.282 e. The van der Waals surface area contributed by atoms with E-state index in [2.05, 4.69) is 0 Å². The van der Waals surface area contributed by atoms with Crippen molar-refractivity contribution in [2.24, 2.45) is 0 Å². The quantitative estimate of drug-likeness (QED) is 0.473. The number of thiophene rings is 1. The number of ether oxygens (including phenoxy) is 1. The minimum Gasteiger partial charge on any atom is -0.494 e. The number of carbonyl (C=O) groups is 2. The molecule has 0 spiro atoms. The van der Waals surface area contributed by atoms with Crippen LogP contribution in [-0.4, -0.2) is 29.9 Å². The fourth-order valence-corrected chi connectivity index (χ4v) is 4.48. The zero-order valence-electron chi connectivity index (χ0n) is 17.6. The molecule has 0 bridgehead atoms. The first-order valence-electron chi connectivity index (χ1n) is 10.3. The summed E-state index contributed by atoms with van der Waals surface area (Å²) in [5.41, 5.74) is 2.50. The van der Waals surface area contributed by atoms with E-state index in [-0.39, 0.29) is 11.8 Å². The van der Waals surface area contributed by atoms with Crippen molar-refractivity contribution in [3.63, 3.8) is 0 Å². The number of carbonyl (C=O) groups excluding carboxylic acids is 2. The van der Waals surface area contributed by atoms with E-state index in [4.69, 9.17) is 4.74 Å². The molecular formula is C25H24N2O3S. The summed E-state index contributed by atoms with van der Waals surface area (Å²) in [5, 5.41) is 1.92. The lowest BCUT2D eigenvalue weighted by molar-refractivity contribution is -0.120. The van der Waals surface area contributed by atoms with Crippen molar-refractivity contribution >= 4 is 34.4 Å². The van der Waals surface area contributed by atoms with Gasteiger partial charge in [-0.2, -0.15) is 0 Å². The normalized spacial score (nSPS) is 13.8. The number of likely N-dealkylation sites (N-methyl/N-ethyl adjacent to an activating group) is 1. The molecule has 6 heteroatoms. The Bertz CT molecular complexity index is 1110. The van der Waals surface area contributed by atoms with Gasteiger partial charge < -0.3 is 9.64 Å². The third-order valence-electron chi connectivity index (χ3n) is 5.13. The number of anilines is 1. The Morgan fingerprint density at radius 2 is 1.74 bits per heavy atom. The van der Waals surface area contributed by atoms with Crippen LogP contribution in [0.1, 0.15) is 24.3 Å². The molecule has 4 rings (SSSR count). The van der Waals surface area contributed by atoms with E-state index < -0.39 is 0 Å². The van der Waals surface area contributed by atoms with E-state index in [0.717, 1.165) is 10.4 Å². The Morgan fingerprint density at radius 3 is 2.42 bits per heavy atom. The minimum atomic E-state index is -0.306. The number of amides is 2. The number of imide groups is 1. The lowest BCUT2D eigenvalue weighted by Gasteiger charge is -2.25. The molecule has 3 aromatic rings. The molecule has 0 unspecified atom stereocenters. The highest BCUT2D eigenvalue weighted by Crippen LogP contribution is 2.37. The molecule has 0 radical (unpaired) electrons. The highest BCUT2D eigenvalue weighted by atomic mass is 32.1. The van der Waals surface area contributed by atoms with Gasteiger partial charge in [-0.15, -0.1) is 11.3 Å². The third kappa shape index (κ3) is 4.11. The molecule has 2 aromatic carbocycles. The van der Waals surface area contributed by atoms with Gasteiger partial charge >= 0.3 is 0 Å². The number of nitrogens with zero attached hydrogens (tertiary/aromatic N) is 2. The molecule has 31 heavy (non-hydrogen) atoms. The summed E-state index contributed by atoms with van der Waals surface area (Å²) in [5.74, 6) is 0.0193. The van der Waals surface area contributed by atoms with Gasteiger partial charge in [0, 0.05) is 24.0 Å². The van der Waals surface area contributed by atoms with Crippen LogP contribution in [0.5, 0.6) is 5.75 Å². The highest BCUT2D eigenvalue weighted by Gasteiger charge is 2.42. The predicted octanol–water partition coefficient (Wildman–Crippen LogP) is 4.95. The average molecular weight is 433 g/mol. The first-order valence-corrected chi connectivity index (χ1v) is 11.2. The molecular weight excluding hydrogens is 408 g/mol. The number of hydrogen-bond donors (Lipinski definition) is 0. The molecule has 2 amide bonds. The van der Waals surface area contributed by atoms with Crippen LogP contribution < -0.4 is 9.64 Å². The van der Waals surface area contributed by atoms with Crippen molar-refractivity contribution in [1.29, 1.82) is 0 Å². The predicted molar refractivity (Wildman–Crippen MR) is 124 cm³/mol. The van der Waals surface area contributed by atoms with Crippen molar-refractivity contribution in [1.82, 2.24) is 4.90 Å². The maximum atomic E-state index is 13.7. The molecule has 0 atom stereocenters. The Hall–Kier alpha value is -3.38. The van der Waals surface area contributed by atoms with Crippen LogP contribution >= 0.6 is 11.3 Å². The molecule has 0 aliphatic carbocycles. The number of hydrogen-bond acceptors (Lipinski definition) is 5. The summed E-state index contributed by atoms with van der Waals surface area (Å²) in [6.07, 6.45) is 0. The van der Waals surface area contributed by atoms with Crippen LogP contribution in [0.15, 0.2) is 77.8 Å². The SMILES string of the molecule is CCOc1cccc(N2C(=O)C(c3cccs3)=C(N(CC)Cc3ccccc3)C2=O)c1. The molecule has 2 heterocycles. The van der Waals surface area contributed by atoms with Crippen molar-refractivity contribution in [3.8, 4) is 5.75 Å². The highest BCUT2D eigenvalue weighted by molar-refractivity contribution is 7.11. The second-order valence-corrected chi connectivity index (χ2v) is 8.02. The zero-order valence-corrected chi connectivity index (χ0v) is 18.4. The molecule has 5 nitrogen and oxygen atoms in total. The lowest BCUT2D eigenvalue weighted by atomic mass is 10.1. The van der Waals surface area contributed by atoms with Gasteiger partial charge in [-0.1, -0.05) is 42.5 Å². The molecule has 0 N–H and O–H groups in total. The largest absolute Gasteiger partial charge is 0.494 e. The fraction of sp³-hybridized carbons (Fsp3) is 0.200. The summed E-state index contributed by atoms with van der Waals surface area (Å²) in [6, 6.07) is 20.9. The molecule has 1 aliphatic rings. The Morgan fingerprint density at radius 1 is 0.935 bits per heavy atom. The Balaban J connectivity index is 1.77. The van der Waals surface area contributed by atoms with Gasteiger partial charge in [0.2, 0.25) is 0 Å². The summed E-state index contributed by atoms with van der Waals surface area (Å²) in [6.45, 7) is 5.56. The summed E-state index contributed by atoms with van der Waals surface area (Å²) in [7, 11) is 0. The van der Waals surface area contributed by atoms with E-state index in [1.807, 2.05) is 72.7 Å². The van der Waals surface area contributed by atoms with E-state index >= 15 is 0 Å². The number of benzene rings is 2. The van der Waals surface area contributed by atoms with E-state index in [1.165, 1.54) is 16.2 Å². The second-order valence-electron chi connectivity index (χ2n) is 7.08. The van der Waals surface area contributed by atoms with E-state index in [1.54, 1.807) is 18.2 Å². The maximum absolute atomic E-state index is 13.7. The summed E-state index contributed by atoms with van der Waals surface area (Å²) >= 11 is 1.46. The first kappa shape index (κ1) is 20.9. The van der Waals surface area contributed by atoms with Gasteiger partial charge in [-0.05, 0) is 43.0 Å². The molecule has 1 aliphatic heterocycles. The van der Waals surface area contributed by atoms with Crippen LogP contribution in [0.2, 0.25) is 0 Å². The molecule has 0 fully saturated rings. The van der Waals surface area contributed by atoms with Crippen molar-refractivity contribution in [2.45, 2.75) is 20.4 Å². The first-order chi connectivity index (χ1) is 15.1.